The molecule has 18 heavy (non-hydrogen) atoms. The third kappa shape index (κ3) is 3.78. The normalized spacial score (nSPS) is 19.9. The van der Waals surface area contributed by atoms with Crippen LogP contribution in [0, 0.1) is 0 Å². The molecule has 0 aromatic carbocycles. The van der Waals surface area contributed by atoms with Crippen molar-refractivity contribution in [3.63, 3.8) is 0 Å². The van der Waals surface area contributed by atoms with Crippen molar-refractivity contribution in [2.24, 2.45) is 10.9 Å². The highest BCUT2D eigenvalue weighted by Crippen LogP contribution is 2.10. The maximum Gasteiger partial charge on any atom is 0.232 e. The van der Waals surface area contributed by atoms with Gasteiger partial charge in [-0.3, -0.25) is 9.69 Å². The van der Waals surface area contributed by atoms with Gasteiger partial charge in [0.05, 0.1) is 11.8 Å². The predicted octanol–water partition coefficient (Wildman–Crippen LogP) is 0.0186. The SMILES string of the molecule is CCC(C(N)=NO)N1CCN(C(=O)CSC)CC1. The van der Waals surface area contributed by atoms with Gasteiger partial charge in [0, 0.05) is 26.2 Å². The van der Waals surface area contributed by atoms with E-state index in [1.54, 1.807) is 11.8 Å². The Hall–Kier alpha value is -0.950. The van der Waals surface area contributed by atoms with Gasteiger partial charge in [-0.2, -0.15) is 11.8 Å². The van der Waals surface area contributed by atoms with Crippen LogP contribution in [-0.2, 0) is 4.79 Å². The van der Waals surface area contributed by atoms with E-state index in [4.69, 9.17) is 10.9 Å². The fourth-order valence-electron chi connectivity index (χ4n) is 2.22. The summed E-state index contributed by atoms with van der Waals surface area (Å²) in [7, 11) is 0. The molecule has 0 aromatic heterocycles. The van der Waals surface area contributed by atoms with Crippen molar-refractivity contribution < 1.29 is 10.0 Å². The fraction of sp³-hybridized carbons (Fsp3) is 0.818. The van der Waals surface area contributed by atoms with Crippen LogP contribution in [0.3, 0.4) is 0 Å². The molecule has 1 aliphatic rings. The molecule has 1 aliphatic heterocycles. The third-order valence-electron chi connectivity index (χ3n) is 3.22. The second-order valence-electron chi connectivity index (χ2n) is 4.30. The molecule has 1 saturated heterocycles. The van der Waals surface area contributed by atoms with Gasteiger partial charge < -0.3 is 15.8 Å². The quantitative estimate of drug-likeness (QED) is 0.320. The molecule has 6 nitrogen and oxygen atoms in total. The fourth-order valence-corrected chi connectivity index (χ4v) is 2.65. The zero-order valence-corrected chi connectivity index (χ0v) is 11.8. The minimum absolute atomic E-state index is 0.0344. The molecule has 0 spiro atoms. The van der Waals surface area contributed by atoms with Crippen LogP contribution in [0.25, 0.3) is 0 Å². The van der Waals surface area contributed by atoms with E-state index in [1.165, 1.54) is 0 Å². The van der Waals surface area contributed by atoms with E-state index >= 15 is 0 Å². The van der Waals surface area contributed by atoms with Gasteiger partial charge in [0.1, 0.15) is 0 Å². The van der Waals surface area contributed by atoms with E-state index in [2.05, 4.69) is 10.1 Å². The molecule has 1 fully saturated rings. The molecule has 1 heterocycles. The molecule has 1 amide bonds. The first-order valence-corrected chi connectivity index (χ1v) is 7.51. The van der Waals surface area contributed by atoms with Gasteiger partial charge in [0.2, 0.25) is 5.91 Å². The van der Waals surface area contributed by atoms with Gasteiger partial charge in [-0.1, -0.05) is 12.1 Å². The topological polar surface area (TPSA) is 82.2 Å². The Morgan fingerprint density at radius 1 is 1.44 bits per heavy atom. The van der Waals surface area contributed by atoms with Gasteiger partial charge in [-0.15, -0.1) is 0 Å². The zero-order chi connectivity index (χ0) is 13.5. The molecule has 0 aromatic rings. The van der Waals surface area contributed by atoms with Crippen molar-refractivity contribution >= 4 is 23.5 Å². The summed E-state index contributed by atoms with van der Waals surface area (Å²) in [6.07, 6.45) is 2.73. The molecular weight excluding hydrogens is 252 g/mol. The van der Waals surface area contributed by atoms with Gasteiger partial charge in [0.15, 0.2) is 5.84 Å². The monoisotopic (exact) mass is 274 g/mol. The number of amides is 1. The summed E-state index contributed by atoms with van der Waals surface area (Å²) >= 11 is 1.55. The smallest absolute Gasteiger partial charge is 0.232 e. The number of nitrogens with two attached hydrogens (primary N) is 1. The van der Waals surface area contributed by atoms with Crippen molar-refractivity contribution in [1.29, 1.82) is 0 Å². The van der Waals surface area contributed by atoms with Gasteiger partial charge in [-0.05, 0) is 12.7 Å². The van der Waals surface area contributed by atoms with Crippen LogP contribution in [-0.4, -0.2) is 71.0 Å². The maximum absolute atomic E-state index is 11.7. The largest absolute Gasteiger partial charge is 0.409 e. The number of amidine groups is 1. The molecule has 1 atom stereocenters. The molecule has 3 N–H and O–H groups in total. The number of hydrogen-bond acceptors (Lipinski definition) is 5. The Morgan fingerprint density at radius 3 is 2.50 bits per heavy atom. The first kappa shape index (κ1) is 15.1. The predicted molar refractivity (Wildman–Crippen MR) is 74.0 cm³/mol. The lowest BCUT2D eigenvalue weighted by atomic mass is 10.1. The summed E-state index contributed by atoms with van der Waals surface area (Å²) in [5.74, 6) is 0.984. The summed E-state index contributed by atoms with van der Waals surface area (Å²) < 4.78 is 0. The minimum atomic E-state index is -0.0344. The molecular formula is C11H22N4O2S. The van der Waals surface area contributed by atoms with Crippen molar-refractivity contribution in [3.05, 3.63) is 0 Å². The van der Waals surface area contributed by atoms with Crippen LogP contribution in [0.1, 0.15) is 13.3 Å². The highest BCUT2D eigenvalue weighted by Gasteiger charge is 2.27. The van der Waals surface area contributed by atoms with Crippen molar-refractivity contribution in [2.75, 3.05) is 38.2 Å². The number of rotatable bonds is 5. The number of thioether (sulfide) groups is 1. The summed E-state index contributed by atoms with van der Waals surface area (Å²) in [5, 5.41) is 11.8. The molecule has 7 heteroatoms. The van der Waals surface area contributed by atoms with E-state index in [9.17, 15) is 4.79 Å². The lowest BCUT2D eigenvalue weighted by Gasteiger charge is -2.38. The second-order valence-corrected chi connectivity index (χ2v) is 5.16. The molecule has 104 valence electrons. The first-order chi connectivity index (χ1) is 8.63. The summed E-state index contributed by atoms with van der Waals surface area (Å²) in [6.45, 7) is 4.99. The zero-order valence-electron chi connectivity index (χ0n) is 11.0. The second kappa shape index (κ2) is 7.48. The van der Waals surface area contributed by atoms with Gasteiger partial charge >= 0.3 is 0 Å². The Balaban J connectivity index is 2.50. The van der Waals surface area contributed by atoms with Crippen LogP contribution in [0.2, 0.25) is 0 Å². The molecule has 0 bridgehead atoms. The number of hydrogen-bond donors (Lipinski definition) is 2. The number of nitrogens with zero attached hydrogens (tertiary/aromatic N) is 3. The Morgan fingerprint density at radius 2 is 2.06 bits per heavy atom. The number of carbonyl (C=O) groups is 1. The van der Waals surface area contributed by atoms with Crippen LogP contribution in [0.4, 0.5) is 0 Å². The average Bonchev–Trinajstić information content (AvgIpc) is 2.40. The maximum atomic E-state index is 11.7. The first-order valence-electron chi connectivity index (χ1n) is 6.12. The molecule has 0 radical (unpaired) electrons. The molecule has 1 rings (SSSR count). The van der Waals surface area contributed by atoms with Crippen LogP contribution >= 0.6 is 11.8 Å². The minimum Gasteiger partial charge on any atom is -0.409 e. The van der Waals surface area contributed by atoms with Gasteiger partial charge in [-0.25, -0.2) is 0 Å². The summed E-state index contributed by atoms with van der Waals surface area (Å²) in [4.78, 5) is 15.8. The van der Waals surface area contributed by atoms with Gasteiger partial charge in [0.25, 0.3) is 0 Å². The summed E-state index contributed by atoms with van der Waals surface area (Å²) in [6, 6.07) is -0.0344. The average molecular weight is 274 g/mol. The molecule has 0 saturated carbocycles. The Labute approximate surface area is 112 Å². The van der Waals surface area contributed by atoms with Crippen LogP contribution < -0.4 is 5.73 Å². The standard InChI is InChI=1S/C11H22N4O2S/c1-3-9(11(12)13-17)14-4-6-15(7-5-14)10(16)8-18-2/h9,17H,3-8H2,1-2H3,(H2,12,13). The highest BCUT2D eigenvalue weighted by molar-refractivity contribution is 7.99. The van der Waals surface area contributed by atoms with Crippen molar-refractivity contribution in [1.82, 2.24) is 9.80 Å². The van der Waals surface area contributed by atoms with E-state index in [-0.39, 0.29) is 17.8 Å². The number of oxime groups is 1. The number of piperazine rings is 1. The van der Waals surface area contributed by atoms with Crippen molar-refractivity contribution in [2.45, 2.75) is 19.4 Å². The van der Waals surface area contributed by atoms with E-state index in [0.717, 1.165) is 19.5 Å². The number of carbonyl (C=O) groups excluding carboxylic acids is 1. The third-order valence-corrected chi connectivity index (χ3v) is 3.75. The Bertz CT molecular complexity index is 303. The highest BCUT2D eigenvalue weighted by atomic mass is 32.2. The van der Waals surface area contributed by atoms with E-state index < -0.39 is 0 Å². The summed E-state index contributed by atoms with van der Waals surface area (Å²) in [5.41, 5.74) is 5.68. The Kier molecular flexibility index (Phi) is 6.28. The molecule has 1 unspecified atom stereocenters. The van der Waals surface area contributed by atoms with Crippen LogP contribution in [0.15, 0.2) is 5.16 Å². The van der Waals surface area contributed by atoms with Crippen LogP contribution in [0.5, 0.6) is 0 Å². The lowest BCUT2D eigenvalue weighted by Crippen LogP contribution is -2.55. The van der Waals surface area contributed by atoms with Crippen molar-refractivity contribution in [3.8, 4) is 0 Å². The lowest BCUT2D eigenvalue weighted by molar-refractivity contribution is -0.130. The van der Waals surface area contributed by atoms with E-state index in [0.29, 0.717) is 18.8 Å². The van der Waals surface area contributed by atoms with E-state index in [1.807, 2.05) is 18.1 Å². The molecule has 0 aliphatic carbocycles.